The summed E-state index contributed by atoms with van der Waals surface area (Å²) in [6, 6.07) is 10.6. The molecule has 0 atom stereocenters. The molecular weight excluding hydrogens is 328 g/mol. The van der Waals surface area contributed by atoms with Gasteiger partial charge in [-0.2, -0.15) is 0 Å². The van der Waals surface area contributed by atoms with Crippen molar-refractivity contribution in [3.8, 4) is 5.75 Å². The van der Waals surface area contributed by atoms with E-state index in [1.165, 1.54) is 31.4 Å². The summed E-state index contributed by atoms with van der Waals surface area (Å²) < 4.78 is 9.90. The van der Waals surface area contributed by atoms with E-state index >= 15 is 0 Å². The van der Waals surface area contributed by atoms with Gasteiger partial charge in [0.2, 0.25) is 0 Å². The molecule has 8 heteroatoms. The minimum absolute atomic E-state index is 0.0815. The molecule has 0 heterocycles. The lowest BCUT2D eigenvalue weighted by Crippen LogP contribution is -2.22. The highest BCUT2D eigenvalue weighted by atomic mass is 16.6. The minimum Gasteiger partial charge on any atom is -0.497 e. The van der Waals surface area contributed by atoms with Crippen LogP contribution in [0.15, 0.2) is 42.5 Å². The minimum atomic E-state index is -0.683. The van der Waals surface area contributed by atoms with E-state index in [1.807, 2.05) is 0 Å². The summed E-state index contributed by atoms with van der Waals surface area (Å²) in [4.78, 5) is 34.3. The monoisotopic (exact) mass is 344 g/mol. The number of methoxy groups -OCH3 is 1. The number of hydrogen-bond acceptors (Lipinski definition) is 6. The van der Waals surface area contributed by atoms with Gasteiger partial charge in [0.1, 0.15) is 11.4 Å². The van der Waals surface area contributed by atoms with Gasteiger partial charge in [-0.3, -0.25) is 14.9 Å². The molecule has 0 aromatic heterocycles. The van der Waals surface area contributed by atoms with Crippen LogP contribution in [0.2, 0.25) is 0 Å². The quantitative estimate of drug-likeness (QED) is 0.490. The maximum atomic E-state index is 11.9. The van der Waals surface area contributed by atoms with Gasteiger partial charge in [0.05, 0.1) is 17.6 Å². The molecule has 25 heavy (non-hydrogen) atoms. The lowest BCUT2D eigenvalue weighted by molar-refractivity contribution is -0.384. The average molecular weight is 344 g/mol. The molecule has 0 unspecified atom stereocenters. The number of amides is 1. The van der Waals surface area contributed by atoms with E-state index in [1.54, 1.807) is 25.1 Å². The van der Waals surface area contributed by atoms with E-state index < -0.39 is 23.4 Å². The molecule has 0 radical (unpaired) electrons. The Morgan fingerprint density at radius 2 is 1.84 bits per heavy atom. The molecule has 8 nitrogen and oxygen atoms in total. The van der Waals surface area contributed by atoms with E-state index in [0.717, 1.165) is 0 Å². The van der Waals surface area contributed by atoms with Gasteiger partial charge in [-0.15, -0.1) is 0 Å². The van der Waals surface area contributed by atoms with Crippen LogP contribution in [0.5, 0.6) is 5.75 Å². The van der Waals surface area contributed by atoms with Crippen LogP contribution < -0.4 is 10.1 Å². The number of nitrogens with zero attached hydrogens (tertiary/aromatic N) is 1. The number of esters is 1. The Bertz CT molecular complexity index is 801. The number of carbonyl (C=O) groups excluding carboxylic acids is 2. The number of para-hydroxylation sites is 1. The molecule has 1 amide bonds. The number of ether oxygens (including phenoxy) is 2. The third-order valence-corrected chi connectivity index (χ3v) is 3.37. The molecule has 130 valence electrons. The van der Waals surface area contributed by atoms with Gasteiger partial charge < -0.3 is 14.8 Å². The summed E-state index contributed by atoms with van der Waals surface area (Å²) in [6.45, 7) is 1.07. The molecule has 0 saturated heterocycles. The third kappa shape index (κ3) is 4.54. The zero-order valence-corrected chi connectivity index (χ0v) is 13.6. The standard InChI is InChI=1S/C17H16N2O6/c1-11-4-3-5-14(19(22)23)16(11)18-15(20)10-25-17(21)12-6-8-13(24-2)9-7-12/h3-9H,10H2,1-2H3,(H,18,20). The van der Waals surface area contributed by atoms with Gasteiger partial charge >= 0.3 is 5.97 Å². The highest BCUT2D eigenvalue weighted by Gasteiger charge is 2.18. The summed E-state index contributed by atoms with van der Waals surface area (Å²) in [5.41, 5.74) is 0.646. The zero-order valence-electron chi connectivity index (χ0n) is 13.6. The van der Waals surface area contributed by atoms with Gasteiger partial charge in [0, 0.05) is 6.07 Å². The van der Waals surface area contributed by atoms with Crippen LogP contribution in [0.25, 0.3) is 0 Å². The number of nitro groups is 1. The van der Waals surface area contributed by atoms with E-state index in [-0.39, 0.29) is 16.9 Å². The molecule has 0 aliphatic rings. The number of nitro benzene ring substituents is 1. The SMILES string of the molecule is COc1ccc(C(=O)OCC(=O)Nc2c(C)cccc2[N+](=O)[O-])cc1. The Labute approximate surface area is 143 Å². The topological polar surface area (TPSA) is 108 Å². The number of rotatable bonds is 6. The smallest absolute Gasteiger partial charge is 0.338 e. The number of carbonyl (C=O) groups is 2. The fraction of sp³-hybridized carbons (Fsp3) is 0.176. The van der Waals surface area contributed by atoms with Gasteiger partial charge in [-0.05, 0) is 36.8 Å². The summed E-state index contributed by atoms with van der Waals surface area (Å²) >= 11 is 0. The van der Waals surface area contributed by atoms with Crippen LogP contribution in [-0.4, -0.2) is 30.5 Å². The maximum absolute atomic E-state index is 11.9. The lowest BCUT2D eigenvalue weighted by atomic mass is 10.1. The fourth-order valence-electron chi connectivity index (χ4n) is 2.08. The Hall–Kier alpha value is -3.42. The Morgan fingerprint density at radius 1 is 1.16 bits per heavy atom. The predicted octanol–water partition coefficient (Wildman–Crippen LogP) is 2.71. The van der Waals surface area contributed by atoms with Crippen molar-refractivity contribution in [3.05, 3.63) is 63.7 Å². The second-order valence-corrected chi connectivity index (χ2v) is 5.08. The number of aryl methyl sites for hydroxylation is 1. The highest BCUT2D eigenvalue weighted by molar-refractivity contribution is 5.97. The number of hydrogen-bond donors (Lipinski definition) is 1. The first-order chi connectivity index (χ1) is 11.9. The van der Waals surface area contributed by atoms with Gasteiger partial charge in [-0.25, -0.2) is 4.79 Å². The molecule has 2 aromatic carbocycles. The van der Waals surface area contributed by atoms with Gasteiger partial charge in [0.25, 0.3) is 11.6 Å². The van der Waals surface area contributed by atoms with Gasteiger partial charge in [0.15, 0.2) is 6.61 Å². The largest absolute Gasteiger partial charge is 0.497 e. The van der Waals surface area contributed by atoms with Crippen molar-refractivity contribution in [1.29, 1.82) is 0 Å². The predicted molar refractivity (Wildman–Crippen MR) is 89.7 cm³/mol. The van der Waals surface area contributed by atoms with Crippen LogP contribution in [0, 0.1) is 17.0 Å². The van der Waals surface area contributed by atoms with Crippen molar-refractivity contribution in [2.45, 2.75) is 6.92 Å². The van der Waals surface area contributed by atoms with Gasteiger partial charge in [-0.1, -0.05) is 12.1 Å². The summed E-state index contributed by atoms with van der Waals surface area (Å²) in [5, 5.41) is 13.4. The molecule has 1 N–H and O–H groups in total. The first-order valence-corrected chi connectivity index (χ1v) is 7.27. The molecule has 0 bridgehead atoms. The van der Waals surface area contributed by atoms with Crippen molar-refractivity contribution in [2.75, 3.05) is 19.0 Å². The van der Waals surface area contributed by atoms with E-state index in [9.17, 15) is 19.7 Å². The molecule has 0 aliphatic heterocycles. The molecular formula is C17H16N2O6. The van der Waals surface area contributed by atoms with Crippen LogP contribution in [0.4, 0.5) is 11.4 Å². The second-order valence-electron chi connectivity index (χ2n) is 5.08. The van der Waals surface area contributed by atoms with E-state index in [2.05, 4.69) is 5.32 Å². The second kappa shape index (κ2) is 7.91. The molecule has 0 saturated carbocycles. The summed E-state index contributed by atoms with van der Waals surface area (Å²) in [5.74, 6) is -0.766. The molecule has 0 fully saturated rings. The molecule has 2 aromatic rings. The van der Waals surface area contributed by atoms with Crippen LogP contribution in [-0.2, 0) is 9.53 Å². The highest BCUT2D eigenvalue weighted by Crippen LogP contribution is 2.27. The number of nitrogens with one attached hydrogen (secondary N) is 1. The van der Waals surface area contributed by atoms with Crippen molar-refractivity contribution >= 4 is 23.3 Å². The van der Waals surface area contributed by atoms with Crippen molar-refractivity contribution < 1.29 is 24.0 Å². The maximum Gasteiger partial charge on any atom is 0.338 e. The average Bonchev–Trinajstić information content (AvgIpc) is 2.61. The van der Waals surface area contributed by atoms with E-state index in [4.69, 9.17) is 9.47 Å². The van der Waals surface area contributed by atoms with Crippen LogP contribution >= 0.6 is 0 Å². The van der Waals surface area contributed by atoms with Crippen LogP contribution in [0.1, 0.15) is 15.9 Å². The summed E-state index contributed by atoms with van der Waals surface area (Å²) in [6.07, 6.45) is 0. The van der Waals surface area contributed by atoms with Crippen molar-refractivity contribution in [1.82, 2.24) is 0 Å². The van der Waals surface area contributed by atoms with Crippen LogP contribution in [0.3, 0.4) is 0 Å². The summed E-state index contributed by atoms with van der Waals surface area (Å²) in [7, 11) is 1.50. The molecule has 0 spiro atoms. The number of benzene rings is 2. The molecule has 0 aliphatic carbocycles. The lowest BCUT2D eigenvalue weighted by Gasteiger charge is -2.09. The third-order valence-electron chi connectivity index (χ3n) is 3.37. The zero-order chi connectivity index (χ0) is 18.4. The first-order valence-electron chi connectivity index (χ1n) is 7.27. The Balaban J connectivity index is 1.99. The molecule has 2 rings (SSSR count). The van der Waals surface area contributed by atoms with Crippen molar-refractivity contribution in [2.24, 2.45) is 0 Å². The normalized spacial score (nSPS) is 10.0. The number of anilines is 1. The first kappa shape index (κ1) is 17.9. The fourth-order valence-corrected chi connectivity index (χ4v) is 2.08. The van der Waals surface area contributed by atoms with E-state index in [0.29, 0.717) is 11.3 Å². The Kier molecular flexibility index (Phi) is 5.67. The Morgan fingerprint density at radius 3 is 2.44 bits per heavy atom. The van der Waals surface area contributed by atoms with Crippen molar-refractivity contribution in [3.63, 3.8) is 0 Å².